The highest BCUT2D eigenvalue weighted by atomic mass is 32.1. The summed E-state index contributed by atoms with van der Waals surface area (Å²) in [5, 5.41) is 2.79. The number of esters is 1. The van der Waals surface area contributed by atoms with Crippen LogP contribution in [-0.4, -0.2) is 12.0 Å². The molecule has 0 aliphatic heterocycles. The average molecular weight is 297 g/mol. The van der Waals surface area contributed by atoms with E-state index in [0.29, 0.717) is 12.2 Å². The molecule has 4 heteroatoms. The minimum absolute atomic E-state index is 0.401. The Bertz CT molecular complexity index is 752. The lowest BCUT2D eigenvalue weighted by Gasteiger charge is -2.10. The van der Waals surface area contributed by atoms with Crippen molar-refractivity contribution in [3.05, 3.63) is 65.5 Å². The Morgan fingerprint density at radius 2 is 1.81 bits per heavy atom. The van der Waals surface area contributed by atoms with E-state index in [9.17, 15) is 4.79 Å². The Hall–Kier alpha value is -2.17. The maximum absolute atomic E-state index is 12.1. The van der Waals surface area contributed by atoms with Crippen molar-refractivity contribution in [2.24, 2.45) is 5.73 Å². The van der Waals surface area contributed by atoms with E-state index in [4.69, 9.17) is 10.5 Å². The Kier molecular flexibility index (Phi) is 3.99. The molecule has 2 N–H and O–H groups in total. The van der Waals surface area contributed by atoms with Crippen molar-refractivity contribution in [1.82, 2.24) is 0 Å². The van der Waals surface area contributed by atoms with E-state index in [0.717, 1.165) is 15.6 Å². The van der Waals surface area contributed by atoms with Crippen molar-refractivity contribution in [2.75, 3.05) is 0 Å². The molecule has 0 amide bonds. The van der Waals surface area contributed by atoms with Crippen LogP contribution < -0.4 is 10.5 Å². The summed E-state index contributed by atoms with van der Waals surface area (Å²) >= 11 is 1.55. The van der Waals surface area contributed by atoms with Crippen LogP contribution in [0.4, 0.5) is 0 Å². The molecule has 1 heterocycles. The minimum Gasteiger partial charge on any atom is -0.424 e. The number of hydrogen-bond donors (Lipinski definition) is 1. The van der Waals surface area contributed by atoms with Crippen molar-refractivity contribution >= 4 is 27.4 Å². The molecule has 0 saturated heterocycles. The van der Waals surface area contributed by atoms with Gasteiger partial charge in [0.15, 0.2) is 0 Å². The van der Waals surface area contributed by atoms with E-state index in [1.807, 2.05) is 60.0 Å². The highest BCUT2D eigenvalue weighted by Crippen LogP contribution is 2.32. The fourth-order valence-electron chi connectivity index (χ4n) is 2.17. The summed E-state index contributed by atoms with van der Waals surface area (Å²) in [5.74, 6) is 0.187. The molecular weight excluding hydrogens is 282 g/mol. The molecule has 21 heavy (non-hydrogen) atoms. The van der Waals surface area contributed by atoms with Crippen molar-refractivity contribution in [3.8, 4) is 5.75 Å². The molecule has 0 radical (unpaired) electrons. The van der Waals surface area contributed by atoms with Gasteiger partial charge in [0.25, 0.3) is 0 Å². The van der Waals surface area contributed by atoms with Crippen molar-refractivity contribution < 1.29 is 9.53 Å². The lowest BCUT2D eigenvalue weighted by atomic mass is 10.1. The number of nitrogens with two attached hydrogens (primary N) is 1. The predicted octanol–water partition coefficient (Wildman–Crippen LogP) is 3.38. The topological polar surface area (TPSA) is 52.3 Å². The largest absolute Gasteiger partial charge is 0.424 e. The maximum atomic E-state index is 12.1. The van der Waals surface area contributed by atoms with Crippen LogP contribution in [0.3, 0.4) is 0 Å². The van der Waals surface area contributed by atoms with Gasteiger partial charge in [0, 0.05) is 15.5 Å². The molecule has 0 aliphatic rings. The van der Waals surface area contributed by atoms with Gasteiger partial charge in [-0.05, 0) is 24.1 Å². The number of ether oxygens (including phenoxy) is 1. The zero-order chi connectivity index (χ0) is 14.7. The third-order valence-electron chi connectivity index (χ3n) is 3.26. The van der Waals surface area contributed by atoms with Gasteiger partial charge < -0.3 is 10.5 Å². The molecule has 3 aromatic rings. The molecule has 0 unspecified atom stereocenters. The Labute approximate surface area is 127 Å². The van der Waals surface area contributed by atoms with Crippen LogP contribution in [0, 0.1) is 0 Å². The minimum atomic E-state index is -0.661. The first-order valence-corrected chi connectivity index (χ1v) is 7.59. The molecule has 3 rings (SSSR count). The van der Waals surface area contributed by atoms with Crippen LogP contribution in [0.15, 0.2) is 60.0 Å². The first-order chi connectivity index (χ1) is 10.2. The van der Waals surface area contributed by atoms with E-state index in [-0.39, 0.29) is 0 Å². The molecule has 3 nitrogen and oxygen atoms in total. The fraction of sp³-hybridized carbons (Fsp3) is 0.118. The molecule has 0 fully saturated rings. The van der Waals surface area contributed by atoms with Gasteiger partial charge in [-0.3, -0.25) is 0 Å². The fourth-order valence-corrected chi connectivity index (χ4v) is 3.03. The number of fused-ring (bicyclic) bond motifs is 1. The number of carbonyl (C=O) groups is 1. The van der Waals surface area contributed by atoms with Gasteiger partial charge in [-0.25, -0.2) is 4.79 Å². The second-order valence-corrected chi connectivity index (χ2v) is 5.72. The highest BCUT2D eigenvalue weighted by Gasteiger charge is 2.18. The summed E-state index contributed by atoms with van der Waals surface area (Å²) in [6.07, 6.45) is 0.474. The first kappa shape index (κ1) is 13.8. The standard InChI is InChI=1S/C17H15NO2S/c18-14(10-12-6-2-1-3-7-12)17(19)20-15-11-21-16-9-5-4-8-13(15)16/h1-9,11,14H,10,18H2/t14-/m0/s1. The van der Waals surface area contributed by atoms with Gasteiger partial charge in [-0.1, -0.05) is 42.5 Å². The molecule has 0 aliphatic carbocycles. The number of benzene rings is 2. The number of hydrogen-bond acceptors (Lipinski definition) is 4. The molecule has 1 atom stereocenters. The Balaban J connectivity index is 1.71. The summed E-state index contributed by atoms with van der Waals surface area (Å²) in [6, 6.07) is 16.9. The molecular formula is C17H15NO2S. The van der Waals surface area contributed by atoms with Crippen LogP contribution in [0.2, 0.25) is 0 Å². The van der Waals surface area contributed by atoms with E-state index in [1.165, 1.54) is 0 Å². The van der Waals surface area contributed by atoms with E-state index < -0.39 is 12.0 Å². The van der Waals surface area contributed by atoms with Gasteiger partial charge in [-0.15, -0.1) is 11.3 Å². The summed E-state index contributed by atoms with van der Waals surface area (Å²) in [5.41, 5.74) is 6.96. The molecule has 1 aromatic heterocycles. The zero-order valence-electron chi connectivity index (χ0n) is 11.4. The summed E-state index contributed by atoms with van der Waals surface area (Å²) in [6.45, 7) is 0. The summed E-state index contributed by atoms with van der Waals surface area (Å²) in [4.78, 5) is 12.1. The third kappa shape index (κ3) is 3.12. The molecule has 106 valence electrons. The highest BCUT2D eigenvalue weighted by molar-refractivity contribution is 7.17. The summed E-state index contributed by atoms with van der Waals surface area (Å²) in [7, 11) is 0. The normalized spacial score (nSPS) is 12.2. The molecule has 0 saturated carbocycles. The van der Waals surface area contributed by atoms with E-state index >= 15 is 0 Å². The van der Waals surface area contributed by atoms with Gasteiger partial charge in [0.05, 0.1) is 0 Å². The predicted molar refractivity (Wildman–Crippen MR) is 85.6 cm³/mol. The van der Waals surface area contributed by atoms with Crippen molar-refractivity contribution in [2.45, 2.75) is 12.5 Å². The van der Waals surface area contributed by atoms with E-state index in [1.54, 1.807) is 11.3 Å². The number of carbonyl (C=O) groups excluding carboxylic acids is 1. The van der Waals surface area contributed by atoms with Crippen LogP contribution in [-0.2, 0) is 11.2 Å². The average Bonchev–Trinajstić information content (AvgIpc) is 2.91. The van der Waals surface area contributed by atoms with Gasteiger partial charge in [0.1, 0.15) is 11.8 Å². The lowest BCUT2D eigenvalue weighted by Crippen LogP contribution is -2.36. The Morgan fingerprint density at radius 3 is 2.62 bits per heavy atom. The zero-order valence-corrected chi connectivity index (χ0v) is 12.2. The van der Waals surface area contributed by atoms with Crippen molar-refractivity contribution in [3.63, 3.8) is 0 Å². The van der Waals surface area contributed by atoms with Crippen LogP contribution >= 0.6 is 11.3 Å². The van der Waals surface area contributed by atoms with Gasteiger partial charge in [-0.2, -0.15) is 0 Å². The van der Waals surface area contributed by atoms with Gasteiger partial charge in [0.2, 0.25) is 0 Å². The molecule has 2 aromatic carbocycles. The second-order valence-electron chi connectivity index (χ2n) is 4.81. The van der Waals surface area contributed by atoms with Crippen LogP contribution in [0.5, 0.6) is 5.75 Å². The maximum Gasteiger partial charge on any atom is 0.328 e. The molecule has 0 bridgehead atoms. The van der Waals surface area contributed by atoms with E-state index in [2.05, 4.69) is 0 Å². The van der Waals surface area contributed by atoms with Crippen LogP contribution in [0.1, 0.15) is 5.56 Å². The smallest absolute Gasteiger partial charge is 0.328 e. The quantitative estimate of drug-likeness (QED) is 0.751. The SMILES string of the molecule is N[C@@H](Cc1ccccc1)C(=O)Oc1csc2ccccc12. The monoisotopic (exact) mass is 297 g/mol. The Morgan fingerprint density at radius 1 is 1.10 bits per heavy atom. The number of rotatable bonds is 4. The third-order valence-corrected chi connectivity index (χ3v) is 4.20. The number of thiophene rings is 1. The second kappa shape index (κ2) is 6.08. The molecule has 0 spiro atoms. The van der Waals surface area contributed by atoms with Crippen LogP contribution in [0.25, 0.3) is 10.1 Å². The van der Waals surface area contributed by atoms with Gasteiger partial charge >= 0.3 is 5.97 Å². The van der Waals surface area contributed by atoms with Crippen molar-refractivity contribution in [1.29, 1.82) is 0 Å². The summed E-state index contributed by atoms with van der Waals surface area (Å²) < 4.78 is 6.54. The first-order valence-electron chi connectivity index (χ1n) is 6.71. The lowest BCUT2D eigenvalue weighted by molar-refractivity contribution is -0.135.